The molecule has 1 rings (SSSR count). The lowest BCUT2D eigenvalue weighted by atomic mass is 9.80. The number of aryl methyl sites for hydroxylation is 1. The normalized spacial score (nSPS) is 13.7. The highest BCUT2D eigenvalue weighted by atomic mass is 16.5. The molecule has 0 saturated carbocycles. The summed E-state index contributed by atoms with van der Waals surface area (Å²) >= 11 is 0. The third-order valence-electron chi connectivity index (χ3n) is 3.73. The highest BCUT2D eigenvalue weighted by Crippen LogP contribution is 2.39. The van der Waals surface area contributed by atoms with E-state index in [4.69, 9.17) is 4.74 Å². The second-order valence-electron chi connectivity index (χ2n) is 5.45. The lowest BCUT2D eigenvalue weighted by molar-refractivity contribution is 0.220. The molecule has 0 aliphatic heterocycles. The van der Waals surface area contributed by atoms with E-state index in [9.17, 15) is 0 Å². The summed E-state index contributed by atoms with van der Waals surface area (Å²) in [7, 11) is 3.68. The molecule has 1 N–H and O–H groups in total. The van der Waals surface area contributed by atoms with Gasteiger partial charge in [-0.3, -0.25) is 4.68 Å². The zero-order valence-electron chi connectivity index (χ0n) is 12.6. The van der Waals surface area contributed by atoms with Crippen LogP contribution >= 0.6 is 0 Å². The van der Waals surface area contributed by atoms with E-state index in [1.807, 2.05) is 11.7 Å². The number of rotatable bonds is 7. The van der Waals surface area contributed by atoms with Gasteiger partial charge in [0.25, 0.3) is 0 Å². The summed E-state index contributed by atoms with van der Waals surface area (Å²) in [6, 6.07) is 0.255. The molecule has 0 bridgehead atoms. The van der Waals surface area contributed by atoms with E-state index < -0.39 is 0 Å². The summed E-state index contributed by atoms with van der Waals surface area (Å²) in [5, 5.41) is 7.95. The minimum absolute atomic E-state index is 0.163. The Labute approximate surface area is 111 Å². The van der Waals surface area contributed by atoms with Crippen LogP contribution in [-0.4, -0.2) is 23.4 Å². The van der Waals surface area contributed by atoms with Gasteiger partial charge in [-0.1, -0.05) is 27.7 Å². The first-order valence-corrected chi connectivity index (χ1v) is 6.77. The Morgan fingerprint density at radius 1 is 1.44 bits per heavy atom. The van der Waals surface area contributed by atoms with Crippen LogP contribution in [0.2, 0.25) is 0 Å². The van der Waals surface area contributed by atoms with Crippen molar-refractivity contribution in [3.8, 4) is 5.75 Å². The number of nitrogens with zero attached hydrogens (tertiary/aromatic N) is 2. The van der Waals surface area contributed by atoms with Crippen LogP contribution in [0.1, 0.15) is 52.3 Å². The number of hydrogen-bond donors (Lipinski definition) is 1. The molecule has 4 nitrogen and oxygen atoms in total. The number of aromatic nitrogens is 2. The first-order chi connectivity index (χ1) is 8.47. The van der Waals surface area contributed by atoms with Gasteiger partial charge in [0.2, 0.25) is 0 Å². The summed E-state index contributed by atoms with van der Waals surface area (Å²) < 4.78 is 7.36. The second kappa shape index (κ2) is 6.23. The van der Waals surface area contributed by atoms with Crippen LogP contribution in [-0.2, 0) is 7.05 Å². The maximum absolute atomic E-state index is 5.44. The Kier molecular flexibility index (Phi) is 5.20. The zero-order chi connectivity index (χ0) is 13.8. The third kappa shape index (κ3) is 3.05. The van der Waals surface area contributed by atoms with Gasteiger partial charge in [-0.05, 0) is 24.8 Å². The highest BCUT2D eigenvalue weighted by Gasteiger charge is 2.33. The van der Waals surface area contributed by atoms with E-state index in [1.54, 1.807) is 13.3 Å². The summed E-state index contributed by atoms with van der Waals surface area (Å²) in [6.45, 7) is 9.98. The fraction of sp³-hybridized carbons (Fsp3) is 0.786. The average Bonchev–Trinajstić information content (AvgIpc) is 2.71. The smallest absolute Gasteiger partial charge is 0.161 e. The minimum Gasteiger partial charge on any atom is -0.493 e. The molecule has 1 aromatic rings. The van der Waals surface area contributed by atoms with Crippen LogP contribution in [0.3, 0.4) is 0 Å². The summed E-state index contributed by atoms with van der Waals surface area (Å²) in [5.74, 6) is 0.868. The van der Waals surface area contributed by atoms with Crippen molar-refractivity contribution in [3.63, 3.8) is 0 Å². The van der Waals surface area contributed by atoms with E-state index in [0.29, 0.717) is 0 Å². The van der Waals surface area contributed by atoms with Gasteiger partial charge < -0.3 is 10.1 Å². The quantitative estimate of drug-likeness (QED) is 0.812. The standard InChI is InChI=1S/C14H27N3O/c1-7-9-15-13(14(3,4)8-2)12-11(18-6)10-16-17(12)5/h10,13,15H,7-9H2,1-6H3. The van der Waals surface area contributed by atoms with Crippen molar-refractivity contribution in [2.24, 2.45) is 12.5 Å². The van der Waals surface area contributed by atoms with E-state index in [0.717, 1.165) is 30.8 Å². The lowest BCUT2D eigenvalue weighted by Crippen LogP contribution is -2.36. The molecule has 0 aliphatic rings. The molecular formula is C14H27N3O. The Balaban J connectivity index is 3.12. The maximum atomic E-state index is 5.44. The zero-order valence-corrected chi connectivity index (χ0v) is 12.6. The number of hydrogen-bond acceptors (Lipinski definition) is 3. The Hall–Kier alpha value is -1.03. The first kappa shape index (κ1) is 15.0. The molecule has 1 aromatic heterocycles. The van der Waals surface area contributed by atoms with Crippen molar-refractivity contribution in [3.05, 3.63) is 11.9 Å². The SMILES string of the molecule is CCCNC(c1c(OC)cnn1C)C(C)(C)CC. The number of ether oxygens (including phenoxy) is 1. The van der Waals surface area contributed by atoms with Crippen molar-refractivity contribution < 1.29 is 4.74 Å². The average molecular weight is 253 g/mol. The molecule has 18 heavy (non-hydrogen) atoms. The van der Waals surface area contributed by atoms with E-state index in [1.165, 1.54) is 0 Å². The van der Waals surface area contributed by atoms with Gasteiger partial charge in [0.15, 0.2) is 5.75 Å². The van der Waals surface area contributed by atoms with Gasteiger partial charge in [-0.2, -0.15) is 5.10 Å². The van der Waals surface area contributed by atoms with E-state index in [2.05, 4.69) is 38.1 Å². The van der Waals surface area contributed by atoms with Gasteiger partial charge >= 0.3 is 0 Å². The molecule has 0 saturated heterocycles. The molecule has 1 heterocycles. The number of methoxy groups -OCH3 is 1. The van der Waals surface area contributed by atoms with Crippen molar-refractivity contribution in [1.29, 1.82) is 0 Å². The van der Waals surface area contributed by atoms with Gasteiger partial charge in [-0.25, -0.2) is 0 Å². The van der Waals surface area contributed by atoms with Crippen molar-refractivity contribution in [2.75, 3.05) is 13.7 Å². The second-order valence-corrected chi connectivity index (χ2v) is 5.45. The predicted octanol–water partition coefficient (Wildman–Crippen LogP) is 2.91. The summed E-state index contributed by atoms with van der Waals surface area (Å²) in [5.41, 5.74) is 1.30. The summed E-state index contributed by atoms with van der Waals surface area (Å²) in [6.07, 6.45) is 4.01. The monoisotopic (exact) mass is 253 g/mol. The van der Waals surface area contributed by atoms with Gasteiger partial charge in [0.05, 0.1) is 25.0 Å². The van der Waals surface area contributed by atoms with Crippen LogP contribution in [0.25, 0.3) is 0 Å². The van der Waals surface area contributed by atoms with Crippen LogP contribution in [0.15, 0.2) is 6.20 Å². The van der Waals surface area contributed by atoms with Crippen molar-refractivity contribution in [1.82, 2.24) is 15.1 Å². The molecule has 0 aliphatic carbocycles. The van der Waals surface area contributed by atoms with Crippen molar-refractivity contribution in [2.45, 2.75) is 46.6 Å². The van der Waals surface area contributed by atoms with Crippen molar-refractivity contribution >= 4 is 0 Å². The van der Waals surface area contributed by atoms with Crippen LogP contribution in [0.4, 0.5) is 0 Å². The molecule has 0 amide bonds. The molecule has 104 valence electrons. The largest absolute Gasteiger partial charge is 0.493 e. The Morgan fingerprint density at radius 3 is 2.61 bits per heavy atom. The van der Waals surface area contributed by atoms with E-state index >= 15 is 0 Å². The lowest BCUT2D eigenvalue weighted by Gasteiger charge is -2.34. The molecule has 0 fully saturated rings. The molecule has 1 unspecified atom stereocenters. The maximum Gasteiger partial charge on any atom is 0.161 e. The van der Waals surface area contributed by atoms with Gasteiger partial charge in [0.1, 0.15) is 0 Å². The van der Waals surface area contributed by atoms with E-state index in [-0.39, 0.29) is 11.5 Å². The minimum atomic E-state index is 0.163. The van der Waals surface area contributed by atoms with Gasteiger partial charge in [-0.15, -0.1) is 0 Å². The molecular weight excluding hydrogens is 226 g/mol. The fourth-order valence-electron chi connectivity index (χ4n) is 2.15. The van der Waals surface area contributed by atoms with Crippen LogP contribution in [0, 0.1) is 5.41 Å². The highest BCUT2D eigenvalue weighted by molar-refractivity contribution is 5.29. The predicted molar refractivity (Wildman–Crippen MR) is 74.9 cm³/mol. The molecule has 0 spiro atoms. The first-order valence-electron chi connectivity index (χ1n) is 6.77. The molecule has 1 atom stereocenters. The Morgan fingerprint density at radius 2 is 2.11 bits per heavy atom. The molecule has 0 aromatic carbocycles. The molecule has 4 heteroatoms. The fourth-order valence-corrected chi connectivity index (χ4v) is 2.15. The van der Waals surface area contributed by atoms with Crippen LogP contribution < -0.4 is 10.1 Å². The topological polar surface area (TPSA) is 39.1 Å². The molecule has 0 radical (unpaired) electrons. The number of nitrogens with one attached hydrogen (secondary N) is 1. The third-order valence-corrected chi connectivity index (χ3v) is 3.73. The van der Waals surface area contributed by atoms with Crippen LogP contribution in [0.5, 0.6) is 5.75 Å². The van der Waals surface area contributed by atoms with Gasteiger partial charge in [0, 0.05) is 7.05 Å². The Bertz CT molecular complexity index is 371. The summed E-state index contributed by atoms with van der Waals surface area (Å²) in [4.78, 5) is 0.